The molecule has 2 saturated heterocycles. The predicted molar refractivity (Wildman–Crippen MR) is 99.5 cm³/mol. The Balaban J connectivity index is 1.34. The Labute approximate surface area is 151 Å². The summed E-state index contributed by atoms with van der Waals surface area (Å²) in [6.07, 6.45) is 9.99. The van der Waals surface area contributed by atoms with Gasteiger partial charge in [-0.1, -0.05) is 18.9 Å². The van der Waals surface area contributed by atoms with E-state index < -0.39 is 0 Å². The lowest BCUT2D eigenvalue weighted by molar-refractivity contribution is 0.0773. The number of fused-ring (bicyclic) bond motifs is 1. The first-order valence-corrected chi connectivity index (χ1v) is 10.1. The molecule has 1 amide bonds. The Morgan fingerprint density at radius 2 is 1.80 bits per heavy atom. The summed E-state index contributed by atoms with van der Waals surface area (Å²) in [5.41, 5.74) is 1.63. The summed E-state index contributed by atoms with van der Waals surface area (Å²) in [5.74, 6) is 2.44. The topological polar surface area (TPSA) is 36.4 Å². The monoisotopic (exact) mass is 341 g/mol. The summed E-state index contributed by atoms with van der Waals surface area (Å²) < 4.78 is 0. The zero-order chi connectivity index (χ0) is 17.2. The average molecular weight is 341 g/mol. The fourth-order valence-electron chi connectivity index (χ4n) is 5.17. The molecule has 1 aliphatic carbocycles. The number of aromatic nitrogens is 1. The van der Waals surface area contributed by atoms with Crippen LogP contribution in [0.15, 0.2) is 18.3 Å². The molecule has 3 aliphatic rings. The van der Waals surface area contributed by atoms with Gasteiger partial charge in [-0.2, -0.15) is 0 Å². The van der Waals surface area contributed by atoms with Crippen LogP contribution in [0.4, 0.5) is 0 Å². The number of pyridine rings is 1. The molecule has 4 nitrogen and oxygen atoms in total. The van der Waals surface area contributed by atoms with Gasteiger partial charge in [-0.25, -0.2) is 0 Å². The van der Waals surface area contributed by atoms with E-state index in [1.807, 2.05) is 19.1 Å². The van der Waals surface area contributed by atoms with Crippen LogP contribution < -0.4 is 0 Å². The van der Waals surface area contributed by atoms with E-state index in [2.05, 4.69) is 14.8 Å². The molecule has 0 aromatic carbocycles. The number of hydrogen-bond acceptors (Lipinski definition) is 3. The van der Waals surface area contributed by atoms with Gasteiger partial charge < -0.3 is 9.80 Å². The maximum atomic E-state index is 12.8. The smallest absolute Gasteiger partial charge is 0.272 e. The third kappa shape index (κ3) is 3.74. The van der Waals surface area contributed by atoms with Crippen LogP contribution in [0.25, 0.3) is 0 Å². The summed E-state index contributed by atoms with van der Waals surface area (Å²) in [6, 6.07) is 3.88. The van der Waals surface area contributed by atoms with E-state index in [4.69, 9.17) is 0 Å². The zero-order valence-electron chi connectivity index (χ0n) is 15.5. The van der Waals surface area contributed by atoms with Crippen LogP contribution in [0.2, 0.25) is 0 Å². The van der Waals surface area contributed by atoms with Crippen molar-refractivity contribution in [2.24, 2.45) is 17.8 Å². The molecular formula is C21H31N3O. The standard InChI is InChI=1S/C21H31N3O/c1-16-5-4-10-22-20(16)21(25)24-14-18-8-11-23(12-9-19(18)15-24)13-17-6-2-3-7-17/h4-5,10,17-19H,2-3,6-9,11-15H2,1H3/t18-,19+. The number of amides is 1. The quantitative estimate of drug-likeness (QED) is 0.846. The molecule has 1 saturated carbocycles. The van der Waals surface area contributed by atoms with Gasteiger partial charge >= 0.3 is 0 Å². The van der Waals surface area contributed by atoms with Gasteiger partial charge in [0.05, 0.1) is 0 Å². The van der Waals surface area contributed by atoms with E-state index in [9.17, 15) is 4.79 Å². The lowest BCUT2D eigenvalue weighted by Crippen LogP contribution is -2.33. The highest BCUT2D eigenvalue weighted by molar-refractivity contribution is 5.93. The molecule has 0 N–H and O–H groups in total. The van der Waals surface area contributed by atoms with E-state index in [-0.39, 0.29) is 5.91 Å². The van der Waals surface area contributed by atoms with Crippen LogP contribution in [0, 0.1) is 24.7 Å². The summed E-state index contributed by atoms with van der Waals surface area (Å²) in [5, 5.41) is 0. The van der Waals surface area contributed by atoms with Crippen molar-refractivity contribution < 1.29 is 4.79 Å². The van der Waals surface area contributed by atoms with Gasteiger partial charge in [0, 0.05) is 25.8 Å². The van der Waals surface area contributed by atoms with Crippen LogP contribution >= 0.6 is 0 Å². The fraction of sp³-hybridized carbons (Fsp3) is 0.714. The number of rotatable bonds is 3. The Morgan fingerprint density at radius 1 is 1.12 bits per heavy atom. The van der Waals surface area contributed by atoms with Crippen molar-refractivity contribution in [2.45, 2.75) is 45.4 Å². The summed E-state index contributed by atoms with van der Waals surface area (Å²) in [7, 11) is 0. The number of likely N-dealkylation sites (tertiary alicyclic amines) is 2. The maximum absolute atomic E-state index is 12.8. The second kappa shape index (κ2) is 7.45. The number of carbonyl (C=O) groups is 1. The molecule has 4 rings (SSSR count). The van der Waals surface area contributed by atoms with Gasteiger partial charge in [0.25, 0.3) is 5.91 Å². The second-order valence-corrected chi connectivity index (χ2v) is 8.43. The molecule has 1 aromatic heterocycles. The van der Waals surface area contributed by atoms with Crippen molar-refractivity contribution in [3.63, 3.8) is 0 Å². The second-order valence-electron chi connectivity index (χ2n) is 8.43. The molecule has 25 heavy (non-hydrogen) atoms. The SMILES string of the molecule is Cc1cccnc1C(=O)N1C[C@H]2CCN(CC3CCCC3)CC[C@H]2C1. The summed E-state index contributed by atoms with van der Waals surface area (Å²) >= 11 is 0. The normalized spacial score (nSPS) is 28.1. The number of nitrogens with zero attached hydrogens (tertiary/aromatic N) is 3. The molecule has 4 heteroatoms. The van der Waals surface area contributed by atoms with Crippen molar-refractivity contribution in [1.29, 1.82) is 0 Å². The summed E-state index contributed by atoms with van der Waals surface area (Å²) in [4.78, 5) is 22.0. The van der Waals surface area contributed by atoms with Crippen molar-refractivity contribution in [3.05, 3.63) is 29.6 Å². The maximum Gasteiger partial charge on any atom is 0.272 e. The molecule has 0 unspecified atom stereocenters. The minimum absolute atomic E-state index is 0.133. The van der Waals surface area contributed by atoms with E-state index in [1.165, 1.54) is 58.2 Å². The van der Waals surface area contributed by atoms with E-state index in [1.54, 1.807) is 6.20 Å². The highest BCUT2D eigenvalue weighted by Crippen LogP contribution is 2.34. The third-order valence-electron chi connectivity index (χ3n) is 6.70. The summed E-state index contributed by atoms with van der Waals surface area (Å²) in [6.45, 7) is 7.60. The van der Waals surface area contributed by atoms with Crippen molar-refractivity contribution in [2.75, 3.05) is 32.7 Å². The molecule has 0 bridgehead atoms. The molecular weight excluding hydrogens is 310 g/mol. The largest absolute Gasteiger partial charge is 0.337 e. The van der Waals surface area contributed by atoms with Crippen LogP contribution in [-0.4, -0.2) is 53.4 Å². The Morgan fingerprint density at radius 3 is 2.44 bits per heavy atom. The van der Waals surface area contributed by atoms with Crippen LogP contribution in [0.5, 0.6) is 0 Å². The van der Waals surface area contributed by atoms with Gasteiger partial charge in [0.2, 0.25) is 0 Å². The molecule has 0 spiro atoms. The highest BCUT2D eigenvalue weighted by atomic mass is 16.2. The van der Waals surface area contributed by atoms with Crippen LogP contribution in [-0.2, 0) is 0 Å². The third-order valence-corrected chi connectivity index (χ3v) is 6.70. The van der Waals surface area contributed by atoms with Crippen molar-refractivity contribution in [1.82, 2.24) is 14.8 Å². The molecule has 2 atom stereocenters. The van der Waals surface area contributed by atoms with Gasteiger partial charge in [0.1, 0.15) is 5.69 Å². The zero-order valence-corrected chi connectivity index (χ0v) is 15.5. The average Bonchev–Trinajstić information content (AvgIpc) is 3.23. The van der Waals surface area contributed by atoms with Gasteiger partial charge in [0.15, 0.2) is 0 Å². The number of aryl methyl sites for hydroxylation is 1. The first-order valence-electron chi connectivity index (χ1n) is 10.1. The predicted octanol–water partition coefficient (Wildman–Crippen LogP) is 3.36. The Hall–Kier alpha value is -1.42. The van der Waals surface area contributed by atoms with Gasteiger partial charge in [-0.05, 0) is 75.1 Å². The molecule has 0 radical (unpaired) electrons. The first-order chi connectivity index (χ1) is 12.2. The first kappa shape index (κ1) is 17.0. The molecule has 1 aromatic rings. The van der Waals surface area contributed by atoms with Gasteiger partial charge in [-0.3, -0.25) is 9.78 Å². The lowest BCUT2D eigenvalue weighted by atomic mass is 9.92. The number of hydrogen-bond donors (Lipinski definition) is 0. The molecule has 3 heterocycles. The van der Waals surface area contributed by atoms with Gasteiger partial charge in [-0.15, -0.1) is 0 Å². The molecule has 136 valence electrons. The number of carbonyl (C=O) groups excluding carboxylic acids is 1. The minimum Gasteiger partial charge on any atom is -0.337 e. The molecule has 2 aliphatic heterocycles. The van der Waals surface area contributed by atoms with Crippen molar-refractivity contribution >= 4 is 5.91 Å². The van der Waals surface area contributed by atoms with Crippen molar-refractivity contribution in [3.8, 4) is 0 Å². The highest BCUT2D eigenvalue weighted by Gasteiger charge is 2.37. The Bertz CT molecular complexity index is 595. The van der Waals surface area contributed by atoms with E-state index in [0.29, 0.717) is 17.5 Å². The minimum atomic E-state index is 0.133. The lowest BCUT2D eigenvalue weighted by Gasteiger charge is -2.24. The van der Waals surface area contributed by atoms with E-state index >= 15 is 0 Å². The van der Waals surface area contributed by atoms with Crippen LogP contribution in [0.1, 0.15) is 54.6 Å². The van der Waals surface area contributed by atoms with Crippen LogP contribution in [0.3, 0.4) is 0 Å². The fourth-order valence-corrected chi connectivity index (χ4v) is 5.17. The van der Waals surface area contributed by atoms with E-state index in [0.717, 1.165) is 24.6 Å². The Kier molecular flexibility index (Phi) is 5.07. The molecule has 3 fully saturated rings.